The molecule has 2 aromatic rings. The number of rotatable bonds is 9. The summed E-state index contributed by atoms with van der Waals surface area (Å²) in [6, 6.07) is 11.1. The number of Topliss-reactive ketones (excluding diaryl/α,β-unsaturated/α-hetero) is 1. The zero-order chi connectivity index (χ0) is 19.1. The van der Waals surface area contributed by atoms with Gasteiger partial charge in [0.05, 0.1) is 14.2 Å². The Balaban J connectivity index is 2.11. The number of ether oxygens (including phenoxy) is 2. The summed E-state index contributed by atoms with van der Waals surface area (Å²) in [5.74, 6) is 2.22. The predicted molar refractivity (Wildman–Crippen MR) is 103 cm³/mol. The Morgan fingerprint density at radius 3 is 2.27 bits per heavy atom. The van der Waals surface area contributed by atoms with Crippen LogP contribution in [-0.4, -0.2) is 25.1 Å². The third-order valence-corrected chi connectivity index (χ3v) is 4.46. The summed E-state index contributed by atoms with van der Waals surface area (Å²) < 4.78 is 10.5. The van der Waals surface area contributed by atoms with Gasteiger partial charge in [-0.1, -0.05) is 32.0 Å². The van der Waals surface area contributed by atoms with Gasteiger partial charge in [0.2, 0.25) is 0 Å². The number of methoxy groups -OCH3 is 2. The van der Waals surface area contributed by atoms with E-state index in [1.165, 1.54) is 0 Å². The van der Waals surface area contributed by atoms with Crippen molar-refractivity contribution in [2.24, 2.45) is 5.92 Å². The Morgan fingerprint density at radius 1 is 1.00 bits per heavy atom. The van der Waals surface area contributed by atoms with Crippen molar-refractivity contribution in [1.82, 2.24) is 0 Å². The Bertz CT molecular complexity index is 733. The molecule has 0 aliphatic carbocycles. The van der Waals surface area contributed by atoms with Gasteiger partial charge in [0.15, 0.2) is 0 Å². The molecule has 4 heteroatoms. The molecule has 26 heavy (non-hydrogen) atoms. The summed E-state index contributed by atoms with van der Waals surface area (Å²) in [4.78, 5) is 12.4. The van der Waals surface area contributed by atoms with Crippen LogP contribution in [0.2, 0.25) is 0 Å². The van der Waals surface area contributed by atoms with Crippen LogP contribution < -0.4 is 9.47 Å². The van der Waals surface area contributed by atoms with E-state index in [1.54, 1.807) is 20.3 Å². The molecule has 0 unspecified atom stereocenters. The zero-order valence-electron chi connectivity index (χ0n) is 16.0. The van der Waals surface area contributed by atoms with Gasteiger partial charge < -0.3 is 14.6 Å². The molecule has 2 aromatic carbocycles. The van der Waals surface area contributed by atoms with E-state index in [0.29, 0.717) is 23.7 Å². The summed E-state index contributed by atoms with van der Waals surface area (Å²) >= 11 is 0. The first-order chi connectivity index (χ1) is 12.4. The van der Waals surface area contributed by atoms with Crippen LogP contribution in [0.1, 0.15) is 37.0 Å². The molecule has 0 fully saturated rings. The van der Waals surface area contributed by atoms with Crippen molar-refractivity contribution in [1.29, 1.82) is 0 Å². The maximum atomic E-state index is 12.4. The van der Waals surface area contributed by atoms with Crippen LogP contribution in [0.3, 0.4) is 0 Å². The lowest BCUT2D eigenvalue weighted by molar-refractivity contribution is -0.117. The van der Waals surface area contributed by atoms with Crippen LogP contribution in [-0.2, 0) is 24.1 Å². The topological polar surface area (TPSA) is 55.8 Å². The van der Waals surface area contributed by atoms with Gasteiger partial charge in [-0.05, 0) is 42.5 Å². The molecule has 0 atom stereocenters. The lowest BCUT2D eigenvalue weighted by Crippen LogP contribution is -2.08. The number of benzene rings is 2. The van der Waals surface area contributed by atoms with Crippen molar-refractivity contribution in [3.63, 3.8) is 0 Å². The second kappa shape index (κ2) is 9.27. The first-order valence-corrected chi connectivity index (χ1v) is 8.97. The molecule has 0 aliphatic heterocycles. The van der Waals surface area contributed by atoms with Gasteiger partial charge in [0, 0.05) is 24.0 Å². The third-order valence-electron chi connectivity index (χ3n) is 4.46. The molecule has 0 amide bonds. The minimum atomic E-state index is 0.0606. The van der Waals surface area contributed by atoms with Gasteiger partial charge >= 0.3 is 0 Å². The van der Waals surface area contributed by atoms with Crippen molar-refractivity contribution in [3.8, 4) is 17.2 Å². The average molecular weight is 356 g/mol. The largest absolute Gasteiger partial charge is 0.507 e. The fraction of sp³-hybridized carbons (Fsp3) is 0.409. The maximum absolute atomic E-state index is 12.4. The Hall–Kier alpha value is -2.49. The van der Waals surface area contributed by atoms with E-state index in [4.69, 9.17) is 9.47 Å². The number of phenolic OH excluding ortho intramolecular Hbond substituents is 1. The molecule has 0 aromatic heterocycles. The smallest absolute Gasteiger partial charge is 0.141 e. The molecule has 0 saturated heterocycles. The van der Waals surface area contributed by atoms with Crippen molar-refractivity contribution in [2.75, 3.05) is 14.2 Å². The number of carbonyl (C=O) groups excluding carboxylic acids is 1. The van der Waals surface area contributed by atoms with Crippen LogP contribution >= 0.6 is 0 Å². The Labute approximate surface area is 155 Å². The highest BCUT2D eigenvalue weighted by Gasteiger charge is 2.16. The predicted octanol–water partition coefficient (Wildman–Crippen LogP) is 4.35. The lowest BCUT2D eigenvalue weighted by atomic mass is 9.96. The third kappa shape index (κ3) is 5.25. The fourth-order valence-electron chi connectivity index (χ4n) is 2.92. The van der Waals surface area contributed by atoms with E-state index in [9.17, 15) is 9.90 Å². The number of phenols is 1. The number of ketones is 1. The molecule has 0 radical (unpaired) electrons. The number of aromatic hydroxyl groups is 1. The molecule has 0 spiro atoms. The molecular formula is C22H28O4. The van der Waals surface area contributed by atoms with Crippen LogP contribution in [0.15, 0.2) is 36.4 Å². The summed E-state index contributed by atoms with van der Waals surface area (Å²) in [6.07, 6.45) is 2.22. The van der Waals surface area contributed by atoms with Crippen molar-refractivity contribution in [2.45, 2.75) is 39.5 Å². The van der Waals surface area contributed by atoms with Crippen molar-refractivity contribution < 1.29 is 19.4 Å². The van der Waals surface area contributed by atoms with Gasteiger partial charge in [-0.15, -0.1) is 0 Å². The second-order valence-corrected chi connectivity index (χ2v) is 6.93. The van der Waals surface area contributed by atoms with E-state index in [2.05, 4.69) is 13.8 Å². The molecule has 140 valence electrons. The molecule has 0 bridgehead atoms. The molecule has 0 heterocycles. The van der Waals surface area contributed by atoms with Gasteiger partial charge in [0.1, 0.15) is 23.0 Å². The van der Waals surface area contributed by atoms with Crippen molar-refractivity contribution >= 4 is 5.78 Å². The monoisotopic (exact) mass is 356 g/mol. The molecule has 0 aliphatic rings. The highest BCUT2D eigenvalue weighted by molar-refractivity contribution is 5.84. The van der Waals surface area contributed by atoms with Crippen LogP contribution in [0.25, 0.3) is 0 Å². The Kier molecular flexibility index (Phi) is 7.07. The minimum absolute atomic E-state index is 0.0606. The van der Waals surface area contributed by atoms with E-state index >= 15 is 0 Å². The second-order valence-electron chi connectivity index (χ2n) is 6.93. The summed E-state index contributed by atoms with van der Waals surface area (Å²) in [7, 11) is 3.21. The summed E-state index contributed by atoms with van der Waals surface area (Å²) in [6.45, 7) is 4.29. The van der Waals surface area contributed by atoms with Crippen molar-refractivity contribution in [3.05, 3.63) is 53.1 Å². The SMILES string of the molecule is COc1ccc(CC(=O)Cc2ccc(OC)c(CCC(C)C)c2O)cc1. The first-order valence-electron chi connectivity index (χ1n) is 8.97. The van der Waals surface area contributed by atoms with E-state index in [0.717, 1.165) is 29.7 Å². The normalized spacial score (nSPS) is 10.8. The van der Waals surface area contributed by atoms with E-state index in [1.807, 2.05) is 30.3 Å². The van der Waals surface area contributed by atoms with E-state index in [-0.39, 0.29) is 18.0 Å². The van der Waals surface area contributed by atoms with Gasteiger partial charge in [0.25, 0.3) is 0 Å². The van der Waals surface area contributed by atoms with Gasteiger partial charge in [-0.3, -0.25) is 4.79 Å². The van der Waals surface area contributed by atoms with Gasteiger partial charge in [-0.25, -0.2) is 0 Å². The quantitative estimate of drug-likeness (QED) is 0.726. The number of carbonyl (C=O) groups is 1. The van der Waals surface area contributed by atoms with Crippen LogP contribution in [0.4, 0.5) is 0 Å². The minimum Gasteiger partial charge on any atom is -0.507 e. The molecule has 0 saturated carbocycles. The summed E-state index contributed by atoms with van der Waals surface area (Å²) in [5.41, 5.74) is 2.38. The fourth-order valence-corrected chi connectivity index (χ4v) is 2.92. The highest BCUT2D eigenvalue weighted by atomic mass is 16.5. The molecule has 4 nitrogen and oxygen atoms in total. The van der Waals surface area contributed by atoms with Crippen LogP contribution in [0, 0.1) is 5.92 Å². The Morgan fingerprint density at radius 2 is 1.69 bits per heavy atom. The number of hydrogen-bond donors (Lipinski definition) is 1. The lowest BCUT2D eigenvalue weighted by Gasteiger charge is -2.15. The average Bonchev–Trinajstić information content (AvgIpc) is 2.62. The van der Waals surface area contributed by atoms with Gasteiger partial charge in [-0.2, -0.15) is 0 Å². The number of hydrogen-bond acceptors (Lipinski definition) is 4. The maximum Gasteiger partial charge on any atom is 0.141 e. The molecule has 2 rings (SSSR count). The van der Waals surface area contributed by atoms with E-state index < -0.39 is 0 Å². The zero-order valence-corrected chi connectivity index (χ0v) is 16.0. The first kappa shape index (κ1) is 19.8. The summed E-state index contributed by atoms with van der Waals surface area (Å²) in [5, 5.41) is 10.6. The molecular weight excluding hydrogens is 328 g/mol. The highest BCUT2D eigenvalue weighted by Crippen LogP contribution is 2.33. The van der Waals surface area contributed by atoms with Crippen LogP contribution in [0.5, 0.6) is 17.2 Å². The standard InChI is InChI=1S/C22H28O4/c1-15(2)5-11-20-21(26-4)12-8-17(22(20)24)14-18(23)13-16-6-9-19(25-3)10-7-16/h6-10,12,15,24H,5,11,13-14H2,1-4H3. The molecule has 1 N–H and O–H groups in total.